The van der Waals surface area contributed by atoms with Gasteiger partial charge in [-0.15, -0.1) is 0 Å². The summed E-state index contributed by atoms with van der Waals surface area (Å²) in [5.41, 5.74) is 1.26. The Morgan fingerprint density at radius 1 is 1.19 bits per heavy atom. The van der Waals surface area contributed by atoms with Crippen LogP contribution in [-0.4, -0.2) is 12.1 Å². The first-order valence-corrected chi connectivity index (χ1v) is 6.99. The quantitative estimate of drug-likeness (QED) is 0.674. The van der Waals surface area contributed by atoms with Gasteiger partial charge in [-0.3, -0.25) is 3.53 Å². The smallest absolute Gasteiger partial charge is 0.0740 e. The van der Waals surface area contributed by atoms with Gasteiger partial charge in [-0.25, -0.2) is 0 Å². The molecule has 16 heavy (non-hydrogen) atoms. The van der Waals surface area contributed by atoms with Crippen molar-refractivity contribution in [3.8, 4) is 0 Å². The van der Waals surface area contributed by atoms with Gasteiger partial charge in [0.25, 0.3) is 0 Å². The van der Waals surface area contributed by atoms with Crippen molar-refractivity contribution in [3.05, 3.63) is 35.9 Å². The summed E-state index contributed by atoms with van der Waals surface area (Å²) in [6.07, 6.45) is 5.43. The predicted molar refractivity (Wildman–Crippen MR) is 74.4 cm³/mol. The molecule has 1 aliphatic carbocycles. The number of benzene rings is 1. The molecule has 0 spiro atoms. The van der Waals surface area contributed by atoms with E-state index in [2.05, 4.69) is 50.7 Å². The van der Waals surface area contributed by atoms with E-state index in [4.69, 9.17) is 4.74 Å². The predicted octanol–water partition coefficient (Wildman–Crippen LogP) is 3.45. The molecule has 2 nitrogen and oxygen atoms in total. The monoisotopic (exact) mass is 331 g/mol. The first-order valence-electron chi connectivity index (χ1n) is 5.92. The van der Waals surface area contributed by atoms with Crippen LogP contribution in [0.4, 0.5) is 0 Å². The largest absolute Gasteiger partial charge is 0.372 e. The van der Waals surface area contributed by atoms with E-state index in [0.29, 0.717) is 12.1 Å². The Balaban J connectivity index is 1.84. The molecule has 1 aromatic rings. The molecule has 0 saturated heterocycles. The van der Waals surface area contributed by atoms with Crippen LogP contribution < -0.4 is 3.53 Å². The number of rotatable bonds is 4. The molecule has 2 rings (SSSR count). The zero-order valence-electron chi connectivity index (χ0n) is 9.36. The Morgan fingerprint density at radius 2 is 1.94 bits per heavy atom. The van der Waals surface area contributed by atoms with Gasteiger partial charge < -0.3 is 4.74 Å². The molecule has 2 atom stereocenters. The molecular formula is C13H18INO. The summed E-state index contributed by atoms with van der Waals surface area (Å²) in [6.45, 7) is 0.736. The van der Waals surface area contributed by atoms with Crippen molar-refractivity contribution in [1.29, 1.82) is 0 Å². The molecule has 1 aromatic carbocycles. The summed E-state index contributed by atoms with van der Waals surface area (Å²) in [5.74, 6) is 0. The van der Waals surface area contributed by atoms with Crippen LogP contribution in [0.3, 0.4) is 0 Å². The van der Waals surface area contributed by atoms with Gasteiger partial charge in [0.2, 0.25) is 0 Å². The summed E-state index contributed by atoms with van der Waals surface area (Å²) >= 11 is 2.25. The molecule has 0 aromatic heterocycles. The summed E-state index contributed by atoms with van der Waals surface area (Å²) < 4.78 is 9.34. The average Bonchev–Trinajstić information content (AvgIpc) is 2.38. The van der Waals surface area contributed by atoms with E-state index in [1.165, 1.54) is 31.2 Å². The van der Waals surface area contributed by atoms with E-state index in [1.807, 2.05) is 6.07 Å². The van der Waals surface area contributed by atoms with E-state index >= 15 is 0 Å². The number of hydrogen-bond acceptors (Lipinski definition) is 2. The fourth-order valence-corrected chi connectivity index (χ4v) is 2.91. The third-order valence-electron chi connectivity index (χ3n) is 3.15. The summed E-state index contributed by atoms with van der Waals surface area (Å²) in [4.78, 5) is 0. The maximum absolute atomic E-state index is 6.01. The molecule has 1 N–H and O–H groups in total. The highest BCUT2D eigenvalue weighted by Crippen LogP contribution is 2.23. The van der Waals surface area contributed by atoms with Crippen LogP contribution >= 0.6 is 22.9 Å². The molecular weight excluding hydrogens is 313 g/mol. The van der Waals surface area contributed by atoms with Crippen molar-refractivity contribution < 1.29 is 4.74 Å². The first-order chi connectivity index (χ1) is 7.90. The van der Waals surface area contributed by atoms with Crippen LogP contribution in [0.25, 0.3) is 0 Å². The summed E-state index contributed by atoms with van der Waals surface area (Å²) in [6, 6.07) is 10.9. The number of hydrogen-bond donors (Lipinski definition) is 1. The van der Waals surface area contributed by atoms with E-state index in [1.54, 1.807) is 0 Å². The topological polar surface area (TPSA) is 21.3 Å². The van der Waals surface area contributed by atoms with Gasteiger partial charge in [-0.1, -0.05) is 43.2 Å². The van der Waals surface area contributed by atoms with Crippen molar-refractivity contribution >= 4 is 22.9 Å². The van der Waals surface area contributed by atoms with Crippen LogP contribution in [-0.2, 0) is 11.3 Å². The third kappa shape index (κ3) is 3.43. The van der Waals surface area contributed by atoms with Crippen molar-refractivity contribution in [1.82, 2.24) is 3.53 Å². The maximum atomic E-state index is 6.01. The zero-order valence-corrected chi connectivity index (χ0v) is 11.5. The van der Waals surface area contributed by atoms with Gasteiger partial charge >= 0.3 is 0 Å². The molecule has 0 bridgehead atoms. The fourth-order valence-electron chi connectivity index (χ4n) is 2.20. The first kappa shape index (κ1) is 12.3. The Labute approximate surface area is 111 Å². The van der Waals surface area contributed by atoms with Crippen molar-refractivity contribution in [2.24, 2.45) is 0 Å². The lowest BCUT2D eigenvalue weighted by molar-refractivity contribution is 0.00179. The van der Waals surface area contributed by atoms with Gasteiger partial charge in [0.15, 0.2) is 0 Å². The lowest BCUT2D eigenvalue weighted by Gasteiger charge is -2.30. The third-order valence-corrected chi connectivity index (χ3v) is 3.95. The number of ether oxygens (including phenoxy) is 1. The Kier molecular flexibility index (Phi) is 5.06. The Hall–Kier alpha value is -0.130. The minimum absolute atomic E-state index is 0.380. The summed E-state index contributed by atoms with van der Waals surface area (Å²) in [5, 5.41) is 0. The second kappa shape index (κ2) is 6.57. The lowest BCUT2D eigenvalue weighted by Crippen LogP contribution is -2.39. The van der Waals surface area contributed by atoms with Crippen LogP contribution in [0.15, 0.2) is 30.3 Å². The molecule has 0 radical (unpaired) electrons. The zero-order chi connectivity index (χ0) is 11.2. The average molecular weight is 331 g/mol. The van der Waals surface area contributed by atoms with Gasteiger partial charge in [0.05, 0.1) is 12.7 Å². The maximum Gasteiger partial charge on any atom is 0.0740 e. The molecule has 88 valence electrons. The van der Waals surface area contributed by atoms with Gasteiger partial charge in [-0.2, -0.15) is 0 Å². The Morgan fingerprint density at radius 3 is 2.69 bits per heavy atom. The molecule has 1 saturated carbocycles. The SMILES string of the molecule is IN[C@H]1CCCC[C@@H]1OCc1ccccc1. The molecule has 1 fully saturated rings. The number of halogens is 1. The highest BCUT2D eigenvalue weighted by atomic mass is 127. The lowest BCUT2D eigenvalue weighted by atomic mass is 9.93. The van der Waals surface area contributed by atoms with Crippen molar-refractivity contribution in [2.45, 2.75) is 44.4 Å². The van der Waals surface area contributed by atoms with E-state index in [9.17, 15) is 0 Å². The van der Waals surface area contributed by atoms with Crippen LogP contribution in [0, 0.1) is 0 Å². The minimum Gasteiger partial charge on any atom is -0.372 e. The van der Waals surface area contributed by atoms with Crippen molar-refractivity contribution in [3.63, 3.8) is 0 Å². The van der Waals surface area contributed by atoms with E-state index in [-0.39, 0.29) is 0 Å². The highest BCUT2D eigenvalue weighted by molar-refractivity contribution is 14.1. The number of nitrogens with one attached hydrogen (secondary N) is 1. The van der Waals surface area contributed by atoms with Crippen LogP contribution in [0.5, 0.6) is 0 Å². The van der Waals surface area contributed by atoms with Gasteiger partial charge in [-0.05, 0) is 18.4 Å². The molecule has 1 aliphatic rings. The van der Waals surface area contributed by atoms with Crippen LogP contribution in [0.2, 0.25) is 0 Å². The highest BCUT2D eigenvalue weighted by Gasteiger charge is 2.24. The summed E-state index contributed by atoms with van der Waals surface area (Å²) in [7, 11) is 0. The molecule has 3 heteroatoms. The Bertz CT molecular complexity index is 304. The van der Waals surface area contributed by atoms with E-state index < -0.39 is 0 Å². The van der Waals surface area contributed by atoms with Gasteiger partial charge in [0.1, 0.15) is 0 Å². The van der Waals surface area contributed by atoms with Crippen molar-refractivity contribution in [2.75, 3.05) is 0 Å². The molecule has 0 heterocycles. The fraction of sp³-hybridized carbons (Fsp3) is 0.538. The molecule has 0 aliphatic heterocycles. The van der Waals surface area contributed by atoms with E-state index in [0.717, 1.165) is 6.61 Å². The van der Waals surface area contributed by atoms with Gasteiger partial charge in [0, 0.05) is 28.9 Å². The second-order valence-electron chi connectivity index (χ2n) is 4.34. The molecule has 0 amide bonds. The minimum atomic E-state index is 0.380. The van der Waals surface area contributed by atoms with Crippen LogP contribution in [0.1, 0.15) is 31.2 Å². The normalized spacial score (nSPS) is 25.6. The second-order valence-corrected chi connectivity index (χ2v) is 4.96. The standard InChI is InChI=1S/C13H18INO/c14-15-12-8-4-5-9-13(12)16-10-11-6-2-1-3-7-11/h1-3,6-7,12-13,15H,4-5,8-10H2/t12-,13-/m0/s1. The molecule has 0 unspecified atom stereocenters.